The number of likely N-dealkylation sites (N-methyl/N-ethyl adjacent to an activating group) is 1. The Bertz CT molecular complexity index is 1090. The Morgan fingerprint density at radius 1 is 1.34 bits per heavy atom. The molecule has 9 nitrogen and oxygen atoms in total. The molecule has 29 heavy (non-hydrogen) atoms. The van der Waals surface area contributed by atoms with Crippen molar-refractivity contribution in [2.45, 2.75) is 26.3 Å². The highest BCUT2D eigenvalue weighted by molar-refractivity contribution is 7.12. The van der Waals surface area contributed by atoms with Crippen LogP contribution in [-0.4, -0.2) is 67.7 Å². The predicted octanol–water partition coefficient (Wildman–Crippen LogP) is 1.86. The molecule has 1 aliphatic heterocycles. The van der Waals surface area contributed by atoms with E-state index in [0.717, 1.165) is 32.6 Å². The van der Waals surface area contributed by atoms with E-state index >= 15 is 0 Å². The Morgan fingerprint density at radius 2 is 2.14 bits per heavy atom. The zero-order chi connectivity index (χ0) is 20.5. The van der Waals surface area contributed by atoms with Gasteiger partial charge in [-0.05, 0) is 19.5 Å². The van der Waals surface area contributed by atoms with E-state index in [9.17, 15) is 14.7 Å². The third-order valence-corrected chi connectivity index (χ3v) is 6.13. The van der Waals surface area contributed by atoms with Crippen LogP contribution in [0.1, 0.15) is 30.6 Å². The van der Waals surface area contributed by atoms with Crippen LogP contribution in [0.3, 0.4) is 0 Å². The van der Waals surface area contributed by atoms with Gasteiger partial charge in [0.15, 0.2) is 16.3 Å². The van der Waals surface area contributed by atoms with Crippen molar-refractivity contribution in [1.82, 2.24) is 24.4 Å². The molecule has 10 heteroatoms. The topological polar surface area (TPSA) is 104 Å². The summed E-state index contributed by atoms with van der Waals surface area (Å²) in [5.74, 6) is -0.616. The van der Waals surface area contributed by atoms with Gasteiger partial charge in [0.1, 0.15) is 11.4 Å². The van der Waals surface area contributed by atoms with Crippen LogP contribution < -0.4 is 10.3 Å². The van der Waals surface area contributed by atoms with Gasteiger partial charge in [-0.2, -0.15) is 0 Å². The molecule has 0 aliphatic carbocycles. The standard InChI is InChI=1S/C19H22N6O3S/c1-3-23(4-2)12-5-7-24(10-12)14-9-21-15-16(26)13(18(27)28)11-25(17(15)22-14)19-20-6-8-29-19/h6,8-9,11-12H,3-5,7,10H2,1-2H3,(H,27,28). The van der Waals surface area contributed by atoms with Gasteiger partial charge in [0.2, 0.25) is 5.43 Å². The van der Waals surface area contributed by atoms with Crippen molar-refractivity contribution in [2.24, 2.45) is 0 Å². The lowest BCUT2D eigenvalue weighted by molar-refractivity contribution is 0.0695. The van der Waals surface area contributed by atoms with E-state index in [2.05, 4.69) is 33.6 Å². The van der Waals surface area contributed by atoms with Gasteiger partial charge in [0.05, 0.1) is 6.20 Å². The molecule has 1 aliphatic rings. The minimum atomic E-state index is -1.30. The number of hydrogen-bond donors (Lipinski definition) is 1. The van der Waals surface area contributed by atoms with Crippen LogP contribution in [0.25, 0.3) is 16.3 Å². The van der Waals surface area contributed by atoms with E-state index < -0.39 is 11.4 Å². The SMILES string of the molecule is CCN(CC)C1CCN(c2cnc3c(=O)c(C(=O)O)cn(-c4nccs4)c3n2)C1. The maximum absolute atomic E-state index is 12.6. The summed E-state index contributed by atoms with van der Waals surface area (Å²) < 4.78 is 1.54. The summed E-state index contributed by atoms with van der Waals surface area (Å²) in [6.45, 7) is 8.02. The zero-order valence-electron chi connectivity index (χ0n) is 16.3. The predicted molar refractivity (Wildman–Crippen MR) is 111 cm³/mol. The second-order valence-corrected chi connectivity index (χ2v) is 7.74. The number of carboxylic acid groups (broad SMARTS) is 1. The molecule has 0 radical (unpaired) electrons. The van der Waals surface area contributed by atoms with Crippen LogP contribution >= 0.6 is 11.3 Å². The van der Waals surface area contributed by atoms with E-state index in [1.807, 2.05) is 0 Å². The summed E-state index contributed by atoms with van der Waals surface area (Å²) in [6, 6.07) is 0.457. The molecule has 4 rings (SSSR count). The first-order chi connectivity index (χ1) is 14.0. The van der Waals surface area contributed by atoms with Crippen LogP contribution in [0.4, 0.5) is 5.82 Å². The molecule has 0 aromatic carbocycles. The molecule has 1 atom stereocenters. The third kappa shape index (κ3) is 3.49. The van der Waals surface area contributed by atoms with E-state index in [-0.39, 0.29) is 11.1 Å². The minimum Gasteiger partial charge on any atom is -0.477 e. The molecule has 3 aromatic heterocycles. The van der Waals surface area contributed by atoms with E-state index in [1.54, 1.807) is 22.3 Å². The molecular formula is C19H22N6O3S. The molecule has 3 aromatic rings. The molecule has 152 valence electrons. The monoisotopic (exact) mass is 414 g/mol. The largest absolute Gasteiger partial charge is 0.477 e. The van der Waals surface area contributed by atoms with Crippen molar-refractivity contribution >= 4 is 34.3 Å². The van der Waals surface area contributed by atoms with Crippen molar-refractivity contribution in [3.63, 3.8) is 0 Å². The normalized spacial score (nSPS) is 16.8. The number of rotatable bonds is 6. The van der Waals surface area contributed by atoms with E-state index in [4.69, 9.17) is 4.98 Å². The van der Waals surface area contributed by atoms with Gasteiger partial charge < -0.3 is 10.0 Å². The number of nitrogens with zero attached hydrogens (tertiary/aromatic N) is 6. The molecule has 0 spiro atoms. The second-order valence-electron chi connectivity index (χ2n) is 6.87. The fraction of sp³-hybridized carbons (Fsp3) is 0.421. The van der Waals surface area contributed by atoms with Crippen LogP contribution in [0.5, 0.6) is 0 Å². The first kappa shape index (κ1) is 19.5. The molecule has 1 N–H and O–H groups in total. The first-order valence-electron chi connectivity index (χ1n) is 9.58. The number of anilines is 1. The molecule has 1 saturated heterocycles. The van der Waals surface area contributed by atoms with E-state index in [1.165, 1.54) is 17.5 Å². The zero-order valence-corrected chi connectivity index (χ0v) is 17.1. The lowest BCUT2D eigenvalue weighted by Crippen LogP contribution is -2.37. The summed E-state index contributed by atoms with van der Waals surface area (Å²) >= 11 is 1.33. The number of aromatic carboxylic acids is 1. The molecular weight excluding hydrogens is 392 g/mol. The molecule has 0 amide bonds. The van der Waals surface area contributed by atoms with Crippen molar-refractivity contribution in [1.29, 1.82) is 0 Å². The first-order valence-corrected chi connectivity index (χ1v) is 10.5. The Labute approximate surface area is 171 Å². The minimum absolute atomic E-state index is 0.0309. The van der Waals surface area contributed by atoms with Crippen LogP contribution in [-0.2, 0) is 0 Å². The Morgan fingerprint density at radius 3 is 2.79 bits per heavy atom. The quantitative estimate of drug-likeness (QED) is 0.652. The Hall–Kier alpha value is -2.85. The number of aromatic nitrogens is 4. The highest BCUT2D eigenvalue weighted by Gasteiger charge is 2.28. The third-order valence-electron chi connectivity index (χ3n) is 5.36. The number of hydrogen-bond acceptors (Lipinski definition) is 8. The second kappa shape index (κ2) is 7.88. The molecule has 1 unspecified atom stereocenters. The maximum Gasteiger partial charge on any atom is 0.341 e. The van der Waals surface area contributed by atoms with Crippen molar-refractivity contribution < 1.29 is 9.90 Å². The van der Waals surface area contributed by atoms with Gasteiger partial charge in [-0.1, -0.05) is 13.8 Å². The van der Waals surface area contributed by atoms with Gasteiger partial charge in [0.25, 0.3) is 0 Å². The average Bonchev–Trinajstić information content (AvgIpc) is 3.41. The maximum atomic E-state index is 12.6. The van der Waals surface area contributed by atoms with Crippen LogP contribution in [0.2, 0.25) is 0 Å². The van der Waals surface area contributed by atoms with Gasteiger partial charge in [-0.3, -0.25) is 14.3 Å². The molecule has 4 heterocycles. The summed E-state index contributed by atoms with van der Waals surface area (Å²) in [7, 11) is 0. The van der Waals surface area contributed by atoms with Gasteiger partial charge in [-0.25, -0.2) is 19.7 Å². The van der Waals surface area contributed by atoms with Gasteiger partial charge >= 0.3 is 5.97 Å². The summed E-state index contributed by atoms with van der Waals surface area (Å²) in [6.07, 6.45) is 5.51. The smallest absolute Gasteiger partial charge is 0.341 e. The average molecular weight is 414 g/mol. The van der Waals surface area contributed by atoms with Crippen LogP contribution in [0, 0.1) is 0 Å². The van der Waals surface area contributed by atoms with Gasteiger partial charge in [0, 0.05) is 36.9 Å². The Kier molecular flexibility index (Phi) is 5.29. The number of carbonyl (C=O) groups is 1. The number of carboxylic acids is 1. The highest BCUT2D eigenvalue weighted by atomic mass is 32.1. The highest BCUT2D eigenvalue weighted by Crippen LogP contribution is 2.24. The summed E-state index contributed by atoms with van der Waals surface area (Å²) in [5, 5.41) is 11.7. The fourth-order valence-electron chi connectivity index (χ4n) is 3.85. The van der Waals surface area contributed by atoms with Crippen molar-refractivity contribution in [3.8, 4) is 5.13 Å². The lowest BCUT2D eigenvalue weighted by Gasteiger charge is -2.26. The molecule has 0 saturated carbocycles. The molecule has 0 bridgehead atoms. The van der Waals surface area contributed by atoms with Crippen molar-refractivity contribution in [3.05, 3.63) is 39.8 Å². The van der Waals surface area contributed by atoms with Gasteiger partial charge in [-0.15, -0.1) is 11.3 Å². The number of fused-ring (bicyclic) bond motifs is 1. The number of thiazole rings is 1. The van der Waals surface area contributed by atoms with Crippen molar-refractivity contribution in [2.75, 3.05) is 31.1 Å². The lowest BCUT2D eigenvalue weighted by atomic mass is 10.2. The Balaban J connectivity index is 1.80. The molecule has 1 fully saturated rings. The van der Waals surface area contributed by atoms with Crippen LogP contribution in [0.15, 0.2) is 28.8 Å². The van der Waals surface area contributed by atoms with E-state index in [0.29, 0.717) is 22.6 Å². The fourth-order valence-corrected chi connectivity index (χ4v) is 4.47. The summed E-state index contributed by atoms with van der Waals surface area (Å²) in [4.78, 5) is 42.0. The number of pyridine rings is 1. The summed E-state index contributed by atoms with van der Waals surface area (Å²) in [5.41, 5.74) is -0.638.